The first-order chi connectivity index (χ1) is 13.7. The lowest BCUT2D eigenvalue weighted by Gasteiger charge is -2.19. The molecule has 2 aromatic rings. The molecule has 0 saturated carbocycles. The molecule has 0 saturated heterocycles. The van der Waals surface area contributed by atoms with Crippen LogP contribution in [0.15, 0.2) is 48.5 Å². The number of carbonyl (C=O) groups excluding carboxylic acids is 2. The highest BCUT2D eigenvalue weighted by atomic mass is 16.6. The Hall–Kier alpha value is -3.22. The van der Waals surface area contributed by atoms with Crippen LogP contribution in [-0.4, -0.2) is 30.8 Å². The number of nitrogens with one attached hydrogen (secondary N) is 2. The van der Waals surface area contributed by atoms with Gasteiger partial charge in [-0.2, -0.15) is 0 Å². The van der Waals surface area contributed by atoms with E-state index in [1.165, 1.54) is 0 Å². The summed E-state index contributed by atoms with van der Waals surface area (Å²) in [6.45, 7) is 8.08. The van der Waals surface area contributed by atoms with Gasteiger partial charge >= 0.3 is 6.09 Å². The van der Waals surface area contributed by atoms with Crippen molar-refractivity contribution in [1.82, 2.24) is 5.32 Å². The van der Waals surface area contributed by atoms with Crippen LogP contribution in [0.1, 0.15) is 34.1 Å². The number of anilines is 1. The standard InChI is InChI=1S/C22H28N2O5/c1-5-27-17-10-12-19(13-11-17)28-18-8-6-16(7-9-18)24-20(25)14-15-23-21(26)29-22(2,3)4/h6-13H,5,14-15H2,1-4H3,(H,23,26)(H,24,25). The topological polar surface area (TPSA) is 85.9 Å². The van der Waals surface area contributed by atoms with Crippen LogP contribution >= 0.6 is 0 Å². The minimum atomic E-state index is -0.568. The zero-order chi connectivity index (χ0) is 21.3. The number of carbonyl (C=O) groups is 2. The summed E-state index contributed by atoms with van der Waals surface area (Å²) in [6, 6.07) is 14.4. The third-order valence-corrected chi connectivity index (χ3v) is 3.53. The van der Waals surface area contributed by atoms with Gasteiger partial charge in [-0.05, 0) is 76.2 Å². The second-order valence-electron chi connectivity index (χ2n) is 7.26. The van der Waals surface area contributed by atoms with Crippen molar-refractivity contribution in [2.24, 2.45) is 0 Å². The van der Waals surface area contributed by atoms with Gasteiger partial charge in [0.1, 0.15) is 22.8 Å². The number of benzene rings is 2. The average Bonchev–Trinajstić information content (AvgIpc) is 2.64. The maximum atomic E-state index is 12.0. The second-order valence-corrected chi connectivity index (χ2v) is 7.26. The van der Waals surface area contributed by atoms with Crippen molar-refractivity contribution in [3.8, 4) is 17.2 Å². The molecule has 7 nitrogen and oxygen atoms in total. The first kappa shape index (κ1) is 22.1. The van der Waals surface area contributed by atoms with E-state index in [9.17, 15) is 9.59 Å². The number of hydrogen-bond acceptors (Lipinski definition) is 5. The summed E-state index contributed by atoms with van der Waals surface area (Å²) in [7, 11) is 0. The molecule has 156 valence electrons. The molecule has 2 aromatic carbocycles. The number of amides is 2. The van der Waals surface area contributed by atoms with Crippen LogP contribution < -0.4 is 20.1 Å². The first-order valence-corrected chi connectivity index (χ1v) is 9.52. The molecule has 7 heteroatoms. The van der Waals surface area contributed by atoms with E-state index < -0.39 is 11.7 Å². The predicted molar refractivity (Wildman–Crippen MR) is 112 cm³/mol. The number of ether oxygens (including phenoxy) is 3. The van der Waals surface area contributed by atoms with E-state index in [2.05, 4.69) is 10.6 Å². The lowest BCUT2D eigenvalue weighted by molar-refractivity contribution is -0.116. The first-order valence-electron chi connectivity index (χ1n) is 9.52. The van der Waals surface area contributed by atoms with Gasteiger partial charge in [-0.15, -0.1) is 0 Å². The maximum Gasteiger partial charge on any atom is 0.407 e. The molecule has 0 aromatic heterocycles. The van der Waals surface area contributed by atoms with Crippen LogP contribution in [-0.2, 0) is 9.53 Å². The molecule has 0 radical (unpaired) electrons. The molecule has 0 atom stereocenters. The third kappa shape index (κ3) is 8.55. The number of alkyl carbamates (subject to hydrolysis) is 1. The van der Waals surface area contributed by atoms with Crippen LogP contribution in [0.5, 0.6) is 17.2 Å². The molecule has 0 aliphatic rings. The molecular weight excluding hydrogens is 372 g/mol. The number of hydrogen-bond donors (Lipinski definition) is 2. The second kappa shape index (κ2) is 10.4. The van der Waals surface area contributed by atoms with Crippen LogP contribution in [0.2, 0.25) is 0 Å². The Morgan fingerprint density at radius 2 is 1.45 bits per heavy atom. The fourth-order valence-corrected chi connectivity index (χ4v) is 2.33. The van der Waals surface area contributed by atoms with Gasteiger partial charge in [0.25, 0.3) is 0 Å². The van der Waals surface area contributed by atoms with Crippen LogP contribution in [0.25, 0.3) is 0 Å². The zero-order valence-electron chi connectivity index (χ0n) is 17.3. The summed E-state index contributed by atoms with van der Waals surface area (Å²) in [5, 5.41) is 5.33. The quantitative estimate of drug-likeness (QED) is 0.669. The molecule has 0 fully saturated rings. The average molecular weight is 400 g/mol. The molecule has 0 heterocycles. The maximum absolute atomic E-state index is 12.0. The summed E-state index contributed by atoms with van der Waals surface area (Å²) in [5.41, 5.74) is 0.0768. The van der Waals surface area contributed by atoms with Gasteiger partial charge in [0.15, 0.2) is 0 Å². The highest BCUT2D eigenvalue weighted by Gasteiger charge is 2.15. The summed E-state index contributed by atoms with van der Waals surface area (Å²) in [6.07, 6.45) is -0.398. The van der Waals surface area contributed by atoms with E-state index in [1.807, 2.05) is 31.2 Å². The van der Waals surface area contributed by atoms with Gasteiger partial charge in [0.05, 0.1) is 6.61 Å². The van der Waals surface area contributed by atoms with E-state index in [1.54, 1.807) is 45.0 Å². The van der Waals surface area contributed by atoms with Gasteiger partial charge in [0, 0.05) is 18.7 Å². The fourth-order valence-electron chi connectivity index (χ4n) is 2.33. The van der Waals surface area contributed by atoms with Gasteiger partial charge in [-0.3, -0.25) is 4.79 Å². The van der Waals surface area contributed by atoms with Crippen molar-refractivity contribution < 1.29 is 23.8 Å². The Labute approximate surface area is 171 Å². The Kier molecular flexibility index (Phi) is 7.88. The molecule has 0 spiro atoms. The third-order valence-electron chi connectivity index (χ3n) is 3.53. The smallest absolute Gasteiger partial charge is 0.407 e. The highest BCUT2D eigenvalue weighted by molar-refractivity contribution is 5.91. The van der Waals surface area contributed by atoms with Crippen molar-refractivity contribution in [2.75, 3.05) is 18.5 Å². The Morgan fingerprint density at radius 1 is 0.897 bits per heavy atom. The van der Waals surface area contributed by atoms with Gasteiger partial charge in [0.2, 0.25) is 5.91 Å². The molecule has 2 rings (SSSR count). The normalized spacial score (nSPS) is 10.8. The minimum absolute atomic E-state index is 0.143. The fraction of sp³-hybridized carbons (Fsp3) is 0.364. The largest absolute Gasteiger partial charge is 0.494 e. The SMILES string of the molecule is CCOc1ccc(Oc2ccc(NC(=O)CCNC(=O)OC(C)(C)C)cc2)cc1. The molecule has 0 bridgehead atoms. The van der Waals surface area contributed by atoms with E-state index >= 15 is 0 Å². The van der Waals surface area contributed by atoms with Gasteiger partial charge in [-0.1, -0.05) is 0 Å². The van der Waals surface area contributed by atoms with E-state index in [0.717, 1.165) is 5.75 Å². The summed E-state index contributed by atoms with van der Waals surface area (Å²) in [5.74, 6) is 1.93. The van der Waals surface area contributed by atoms with E-state index in [-0.39, 0.29) is 18.9 Å². The lowest BCUT2D eigenvalue weighted by atomic mass is 10.2. The Morgan fingerprint density at radius 3 is 2.00 bits per heavy atom. The molecule has 29 heavy (non-hydrogen) atoms. The van der Waals surface area contributed by atoms with Crippen molar-refractivity contribution in [2.45, 2.75) is 39.7 Å². The summed E-state index contributed by atoms with van der Waals surface area (Å²) in [4.78, 5) is 23.5. The highest BCUT2D eigenvalue weighted by Crippen LogP contribution is 2.25. The summed E-state index contributed by atoms with van der Waals surface area (Å²) >= 11 is 0. The zero-order valence-corrected chi connectivity index (χ0v) is 17.3. The Balaban J connectivity index is 1.76. The molecular formula is C22H28N2O5. The van der Waals surface area contributed by atoms with Gasteiger partial charge < -0.3 is 24.8 Å². The van der Waals surface area contributed by atoms with Crippen LogP contribution in [0, 0.1) is 0 Å². The number of rotatable bonds is 8. The van der Waals surface area contributed by atoms with E-state index in [0.29, 0.717) is 23.8 Å². The molecule has 0 aliphatic carbocycles. The van der Waals surface area contributed by atoms with Crippen molar-refractivity contribution >= 4 is 17.7 Å². The monoisotopic (exact) mass is 400 g/mol. The molecule has 2 N–H and O–H groups in total. The molecule has 2 amide bonds. The van der Waals surface area contributed by atoms with Gasteiger partial charge in [-0.25, -0.2) is 4.79 Å². The summed E-state index contributed by atoms with van der Waals surface area (Å²) < 4.78 is 16.3. The van der Waals surface area contributed by atoms with E-state index in [4.69, 9.17) is 14.2 Å². The minimum Gasteiger partial charge on any atom is -0.494 e. The predicted octanol–water partition coefficient (Wildman–Crippen LogP) is 4.73. The lowest BCUT2D eigenvalue weighted by Crippen LogP contribution is -2.34. The molecule has 0 unspecified atom stereocenters. The van der Waals surface area contributed by atoms with Crippen molar-refractivity contribution in [3.05, 3.63) is 48.5 Å². The van der Waals surface area contributed by atoms with Crippen molar-refractivity contribution in [1.29, 1.82) is 0 Å². The van der Waals surface area contributed by atoms with Crippen LogP contribution in [0.3, 0.4) is 0 Å². The van der Waals surface area contributed by atoms with Crippen LogP contribution in [0.4, 0.5) is 10.5 Å². The molecule has 0 aliphatic heterocycles. The van der Waals surface area contributed by atoms with Crippen molar-refractivity contribution in [3.63, 3.8) is 0 Å². The Bertz CT molecular complexity index is 795.